The first-order valence-corrected chi connectivity index (χ1v) is 12.6. The Labute approximate surface area is 207 Å². The predicted octanol–water partition coefficient (Wildman–Crippen LogP) is 4.44. The van der Waals surface area contributed by atoms with E-state index in [0.717, 1.165) is 18.6 Å². The van der Waals surface area contributed by atoms with Gasteiger partial charge in [-0.05, 0) is 73.6 Å². The molecule has 2 aliphatic rings. The molecule has 35 heavy (non-hydrogen) atoms. The van der Waals surface area contributed by atoms with Crippen LogP contribution >= 0.6 is 0 Å². The van der Waals surface area contributed by atoms with Crippen LogP contribution in [0.3, 0.4) is 0 Å². The zero-order valence-corrected chi connectivity index (χ0v) is 20.8. The van der Waals surface area contributed by atoms with Gasteiger partial charge in [0.25, 0.3) is 0 Å². The van der Waals surface area contributed by atoms with Crippen LogP contribution in [0.5, 0.6) is 17.2 Å². The van der Waals surface area contributed by atoms with Crippen LogP contribution in [-0.4, -0.2) is 60.7 Å². The molecule has 7 nitrogen and oxygen atoms in total. The van der Waals surface area contributed by atoms with Gasteiger partial charge in [0, 0.05) is 7.11 Å². The first-order chi connectivity index (χ1) is 16.9. The molecule has 0 amide bonds. The molecule has 1 saturated carbocycles. The van der Waals surface area contributed by atoms with Crippen LogP contribution in [0.4, 0.5) is 0 Å². The van der Waals surface area contributed by atoms with Gasteiger partial charge in [0.15, 0.2) is 12.4 Å². The summed E-state index contributed by atoms with van der Waals surface area (Å²) in [6.07, 6.45) is 1.19. The lowest BCUT2D eigenvalue weighted by Gasteiger charge is -2.41. The van der Waals surface area contributed by atoms with Gasteiger partial charge in [0.05, 0.1) is 6.10 Å². The van der Waals surface area contributed by atoms with E-state index in [2.05, 4.69) is 13.8 Å². The predicted molar refractivity (Wildman–Crippen MR) is 132 cm³/mol. The second kappa shape index (κ2) is 12.1. The van der Waals surface area contributed by atoms with Crippen molar-refractivity contribution >= 4 is 0 Å². The van der Waals surface area contributed by atoms with Crippen molar-refractivity contribution in [1.82, 2.24) is 0 Å². The van der Waals surface area contributed by atoms with Gasteiger partial charge >= 0.3 is 0 Å². The van der Waals surface area contributed by atoms with E-state index < -0.39 is 30.7 Å². The average Bonchev–Trinajstić information content (AvgIpc) is 2.88. The summed E-state index contributed by atoms with van der Waals surface area (Å²) in [5.41, 5.74) is 1.22. The fourth-order valence-electron chi connectivity index (χ4n) is 4.61. The van der Waals surface area contributed by atoms with Crippen molar-refractivity contribution < 1.29 is 33.9 Å². The third-order valence-corrected chi connectivity index (χ3v) is 6.79. The molecule has 0 radical (unpaired) electrons. The topological polar surface area (TPSA) is 86.6 Å². The molecule has 2 N–H and O–H groups in total. The van der Waals surface area contributed by atoms with E-state index in [4.69, 9.17) is 23.7 Å². The molecule has 192 valence electrons. The Balaban J connectivity index is 1.33. The number of hydrogen-bond acceptors (Lipinski definition) is 7. The van der Waals surface area contributed by atoms with Gasteiger partial charge in [0.1, 0.15) is 42.2 Å². The van der Waals surface area contributed by atoms with Gasteiger partial charge < -0.3 is 33.9 Å². The van der Waals surface area contributed by atoms with Gasteiger partial charge in [-0.2, -0.15) is 0 Å². The molecular weight excluding hydrogens is 448 g/mol. The molecule has 0 bridgehead atoms. The summed E-state index contributed by atoms with van der Waals surface area (Å²) >= 11 is 0. The Hall–Kier alpha value is -2.32. The van der Waals surface area contributed by atoms with Crippen LogP contribution in [0.1, 0.15) is 57.4 Å². The quantitative estimate of drug-likeness (QED) is 0.542. The van der Waals surface area contributed by atoms with Crippen molar-refractivity contribution in [3.63, 3.8) is 0 Å². The van der Waals surface area contributed by atoms with Gasteiger partial charge in [-0.15, -0.1) is 0 Å². The summed E-state index contributed by atoms with van der Waals surface area (Å²) in [7, 11) is 1.48. The van der Waals surface area contributed by atoms with E-state index in [1.165, 1.54) is 31.9 Å². The van der Waals surface area contributed by atoms with E-state index in [1.807, 2.05) is 36.4 Å². The normalized spacial score (nSPS) is 27.5. The maximum absolute atomic E-state index is 10.8. The summed E-state index contributed by atoms with van der Waals surface area (Å²) < 4.78 is 29.2. The number of benzene rings is 2. The van der Waals surface area contributed by atoms with Crippen LogP contribution in [-0.2, 0) is 9.47 Å². The molecule has 5 atom stereocenters. The van der Waals surface area contributed by atoms with Crippen LogP contribution in [0.15, 0.2) is 48.5 Å². The lowest BCUT2D eigenvalue weighted by atomic mass is 9.98. The zero-order valence-electron chi connectivity index (χ0n) is 20.8. The molecule has 1 aliphatic carbocycles. The smallest absolute Gasteiger partial charge is 0.197 e. The molecule has 0 unspecified atom stereocenters. The number of aliphatic hydroxyl groups excluding tert-OH is 2. The highest BCUT2D eigenvalue weighted by Gasteiger charge is 2.46. The highest BCUT2D eigenvalue weighted by atomic mass is 16.7. The summed E-state index contributed by atoms with van der Waals surface area (Å²) in [6.45, 7) is 4.33. The van der Waals surface area contributed by atoms with E-state index in [-0.39, 0.29) is 12.7 Å². The largest absolute Gasteiger partial charge is 0.491 e. The lowest BCUT2D eigenvalue weighted by molar-refractivity contribution is -0.287. The number of aliphatic hydroxyl groups is 2. The van der Waals surface area contributed by atoms with Gasteiger partial charge in [-0.1, -0.05) is 32.4 Å². The minimum atomic E-state index is -1.22. The first-order valence-electron chi connectivity index (χ1n) is 12.6. The number of hydrogen-bond donors (Lipinski definition) is 2. The SMILES string of the molecule is CO[C@H]1O[C@H](COc2ccc(C(C)C)cc2)[C@@H](O)[C@H](O)[C@H]1Oc1ccc(OC2CCCCC2)cc1. The second-order valence-electron chi connectivity index (χ2n) is 9.73. The zero-order chi connectivity index (χ0) is 24.8. The molecule has 1 saturated heterocycles. The molecule has 2 aromatic carbocycles. The molecule has 0 spiro atoms. The molecule has 2 aromatic rings. The van der Waals surface area contributed by atoms with Crippen molar-refractivity contribution in [2.45, 2.75) is 88.7 Å². The molecular formula is C28H38O7. The Kier molecular flexibility index (Phi) is 8.89. The van der Waals surface area contributed by atoms with Gasteiger partial charge in [0.2, 0.25) is 0 Å². The molecule has 7 heteroatoms. The number of rotatable bonds is 9. The summed E-state index contributed by atoms with van der Waals surface area (Å²) in [5, 5.41) is 21.5. The van der Waals surface area contributed by atoms with E-state index in [0.29, 0.717) is 17.4 Å². The maximum atomic E-state index is 10.8. The Morgan fingerprint density at radius 1 is 0.829 bits per heavy atom. The molecule has 0 aromatic heterocycles. The minimum Gasteiger partial charge on any atom is -0.491 e. The lowest BCUT2D eigenvalue weighted by Crippen LogP contribution is -2.61. The maximum Gasteiger partial charge on any atom is 0.197 e. The van der Waals surface area contributed by atoms with E-state index in [9.17, 15) is 10.2 Å². The first kappa shape index (κ1) is 25.8. The molecule has 1 aliphatic heterocycles. The number of methoxy groups -OCH3 is 1. The molecule has 1 heterocycles. The fraction of sp³-hybridized carbons (Fsp3) is 0.571. The highest BCUT2D eigenvalue weighted by molar-refractivity contribution is 5.32. The highest BCUT2D eigenvalue weighted by Crippen LogP contribution is 2.29. The van der Waals surface area contributed by atoms with Gasteiger partial charge in [-0.25, -0.2) is 0 Å². The summed E-state index contributed by atoms with van der Waals surface area (Å²) in [4.78, 5) is 0. The Morgan fingerprint density at radius 2 is 1.43 bits per heavy atom. The van der Waals surface area contributed by atoms with Crippen molar-refractivity contribution in [3.8, 4) is 17.2 Å². The average molecular weight is 487 g/mol. The van der Waals surface area contributed by atoms with Crippen molar-refractivity contribution in [3.05, 3.63) is 54.1 Å². The third-order valence-electron chi connectivity index (χ3n) is 6.79. The molecule has 2 fully saturated rings. The van der Waals surface area contributed by atoms with Crippen LogP contribution in [0.2, 0.25) is 0 Å². The Morgan fingerprint density at radius 3 is 2.03 bits per heavy atom. The van der Waals surface area contributed by atoms with Crippen LogP contribution < -0.4 is 14.2 Å². The van der Waals surface area contributed by atoms with Crippen LogP contribution in [0.25, 0.3) is 0 Å². The molecule has 4 rings (SSSR count). The van der Waals surface area contributed by atoms with Gasteiger partial charge in [-0.3, -0.25) is 0 Å². The third kappa shape index (κ3) is 6.67. The number of ether oxygens (including phenoxy) is 5. The monoisotopic (exact) mass is 486 g/mol. The van der Waals surface area contributed by atoms with E-state index in [1.54, 1.807) is 12.1 Å². The van der Waals surface area contributed by atoms with Crippen molar-refractivity contribution in [2.24, 2.45) is 0 Å². The van der Waals surface area contributed by atoms with E-state index >= 15 is 0 Å². The second-order valence-corrected chi connectivity index (χ2v) is 9.73. The summed E-state index contributed by atoms with van der Waals surface area (Å²) in [5.74, 6) is 2.43. The van der Waals surface area contributed by atoms with Crippen molar-refractivity contribution in [2.75, 3.05) is 13.7 Å². The fourth-order valence-corrected chi connectivity index (χ4v) is 4.61. The minimum absolute atomic E-state index is 0.0685. The summed E-state index contributed by atoms with van der Waals surface area (Å²) in [6, 6.07) is 15.1. The standard InChI is InChI=1S/C28H38O7/c1-18(2)19-9-11-20(12-10-19)32-17-24-25(29)26(30)27(28(31-3)35-24)34-23-15-13-22(14-16-23)33-21-7-5-4-6-8-21/h9-16,18,21,24-30H,4-8,17H2,1-3H3/t24-,25-,26+,27-,28+/m1/s1. The van der Waals surface area contributed by atoms with Crippen molar-refractivity contribution in [1.29, 1.82) is 0 Å². The van der Waals surface area contributed by atoms with Crippen LogP contribution in [0, 0.1) is 0 Å². The Bertz CT molecular complexity index is 891.